The first-order chi connectivity index (χ1) is 8.08. The van der Waals surface area contributed by atoms with E-state index in [1.54, 1.807) is 0 Å². The second kappa shape index (κ2) is 8.74. The van der Waals surface area contributed by atoms with Crippen LogP contribution in [0.1, 0.15) is 33.1 Å². The molecule has 1 aliphatic rings. The molecule has 4 nitrogen and oxygen atoms in total. The summed E-state index contributed by atoms with van der Waals surface area (Å²) in [6.07, 6.45) is 3.30. The molecule has 5 heteroatoms. The van der Waals surface area contributed by atoms with Crippen LogP contribution in [-0.2, 0) is 4.74 Å². The Morgan fingerprint density at radius 1 is 1.44 bits per heavy atom. The monoisotopic (exact) mass is 367 g/mol. The predicted octanol–water partition coefficient (Wildman–Crippen LogP) is 2.29. The lowest BCUT2D eigenvalue weighted by Crippen LogP contribution is -2.36. The van der Waals surface area contributed by atoms with Gasteiger partial charge in [0.15, 0.2) is 5.96 Å². The van der Waals surface area contributed by atoms with E-state index in [4.69, 9.17) is 10.5 Å². The first-order valence-electron chi connectivity index (χ1n) is 6.34. The molecule has 1 saturated heterocycles. The fraction of sp³-hybridized carbons (Fsp3) is 0.769. The summed E-state index contributed by atoms with van der Waals surface area (Å²) in [5.41, 5.74) is 7.16. The summed E-state index contributed by atoms with van der Waals surface area (Å²) in [4.78, 5) is 4.45. The van der Waals surface area contributed by atoms with Crippen molar-refractivity contribution in [1.29, 1.82) is 0 Å². The highest BCUT2D eigenvalue weighted by Gasteiger charge is 2.30. The minimum Gasteiger partial charge on any atom is -0.381 e. The average molecular weight is 367 g/mol. The number of halogens is 1. The number of hydrogen-bond donors (Lipinski definition) is 2. The van der Waals surface area contributed by atoms with E-state index in [0.717, 1.165) is 44.6 Å². The number of aliphatic imine (C=N–C) groups is 1. The van der Waals surface area contributed by atoms with Crippen molar-refractivity contribution in [2.75, 3.05) is 26.3 Å². The number of nitrogens with two attached hydrogens (primary N) is 1. The summed E-state index contributed by atoms with van der Waals surface area (Å²) in [6.45, 7) is 11.2. The van der Waals surface area contributed by atoms with Gasteiger partial charge in [0.25, 0.3) is 0 Å². The maximum Gasteiger partial charge on any atom is 0.188 e. The molecule has 0 radical (unpaired) electrons. The van der Waals surface area contributed by atoms with Crippen LogP contribution in [0.15, 0.2) is 17.1 Å². The SMILES string of the molecule is C=C(C)CNC(N)=NCC1(CC)CCOCC1.I. The highest BCUT2D eigenvalue weighted by molar-refractivity contribution is 14.0. The van der Waals surface area contributed by atoms with Gasteiger partial charge in [0, 0.05) is 26.3 Å². The van der Waals surface area contributed by atoms with E-state index in [9.17, 15) is 0 Å². The number of nitrogens with one attached hydrogen (secondary N) is 1. The maximum atomic E-state index is 5.82. The molecule has 0 atom stereocenters. The highest BCUT2D eigenvalue weighted by Crippen LogP contribution is 2.34. The number of rotatable bonds is 5. The number of ether oxygens (including phenoxy) is 1. The zero-order valence-corrected chi connectivity index (χ0v) is 13.8. The normalized spacial score (nSPS) is 18.9. The molecule has 0 spiro atoms. The smallest absolute Gasteiger partial charge is 0.188 e. The van der Waals surface area contributed by atoms with Gasteiger partial charge in [-0.05, 0) is 31.6 Å². The van der Waals surface area contributed by atoms with E-state index < -0.39 is 0 Å². The Balaban J connectivity index is 0.00000289. The molecule has 0 aromatic carbocycles. The van der Waals surface area contributed by atoms with Crippen molar-refractivity contribution in [3.05, 3.63) is 12.2 Å². The van der Waals surface area contributed by atoms with Gasteiger partial charge in [-0.1, -0.05) is 19.1 Å². The molecule has 0 bridgehead atoms. The summed E-state index contributed by atoms with van der Waals surface area (Å²) in [5, 5.41) is 3.06. The topological polar surface area (TPSA) is 59.6 Å². The van der Waals surface area contributed by atoms with Crippen LogP contribution in [0.5, 0.6) is 0 Å². The van der Waals surface area contributed by atoms with E-state index in [1.807, 2.05) is 6.92 Å². The Hall–Kier alpha value is -0.300. The lowest BCUT2D eigenvalue weighted by atomic mass is 9.78. The van der Waals surface area contributed by atoms with Gasteiger partial charge in [-0.2, -0.15) is 0 Å². The van der Waals surface area contributed by atoms with Crippen molar-refractivity contribution in [3.63, 3.8) is 0 Å². The van der Waals surface area contributed by atoms with Gasteiger partial charge in [-0.3, -0.25) is 4.99 Å². The number of guanidine groups is 1. The molecule has 18 heavy (non-hydrogen) atoms. The third kappa shape index (κ3) is 6.04. The average Bonchev–Trinajstić information content (AvgIpc) is 2.35. The highest BCUT2D eigenvalue weighted by atomic mass is 127. The van der Waals surface area contributed by atoms with Crippen molar-refractivity contribution in [2.24, 2.45) is 16.1 Å². The van der Waals surface area contributed by atoms with Crippen LogP contribution in [0.4, 0.5) is 0 Å². The van der Waals surface area contributed by atoms with Gasteiger partial charge >= 0.3 is 0 Å². The van der Waals surface area contributed by atoms with E-state index in [2.05, 4.69) is 23.8 Å². The fourth-order valence-electron chi connectivity index (χ4n) is 1.98. The maximum absolute atomic E-state index is 5.82. The lowest BCUT2D eigenvalue weighted by Gasteiger charge is -2.35. The molecule has 106 valence electrons. The van der Waals surface area contributed by atoms with Crippen LogP contribution in [0.2, 0.25) is 0 Å². The molecule has 0 amide bonds. The van der Waals surface area contributed by atoms with Gasteiger partial charge in [0.05, 0.1) is 0 Å². The molecule has 0 saturated carbocycles. The third-order valence-electron chi connectivity index (χ3n) is 3.46. The molecule has 0 unspecified atom stereocenters. The second-order valence-corrected chi connectivity index (χ2v) is 4.98. The largest absolute Gasteiger partial charge is 0.381 e. The van der Waals surface area contributed by atoms with Crippen LogP contribution in [-0.4, -0.2) is 32.3 Å². The molecular weight excluding hydrogens is 341 g/mol. The first-order valence-corrected chi connectivity index (χ1v) is 6.34. The summed E-state index contributed by atoms with van der Waals surface area (Å²) in [7, 11) is 0. The number of hydrogen-bond acceptors (Lipinski definition) is 2. The van der Waals surface area contributed by atoms with Gasteiger partial charge in [0.1, 0.15) is 0 Å². The van der Waals surface area contributed by atoms with E-state index in [0.29, 0.717) is 12.5 Å². The van der Waals surface area contributed by atoms with Crippen LogP contribution in [0.25, 0.3) is 0 Å². The summed E-state index contributed by atoms with van der Waals surface area (Å²) < 4.78 is 5.41. The molecule has 3 N–H and O–H groups in total. The van der Waals surface area contributed by atoms with Crippen molar-refractivity contribution in [1.82, 2.24) is 5.32 Å². The van der Waals surface area contributed by atoms with Gasteiger partial charge in [-0.15, -0.1) is 24.0 Å². The molecule has 0 aromatic rings. The van der Waals surface area contributed by atoms with Crippen molar-refractivity contribution in [3.8, 4) is 0 Å². The van der Waals surface area contributed by atoms with Gasteiger partial charge in [-0.25, -0.2) is 0 Å². The Labute approximate surface area is 127 Å². The standard InChI is InChI=1S/C13H25N3O.HI/c1-4-13(5-7-17-8-6-13)10-16-12(14)15-9-11(2)3;/h2,4-10H2,1,3H3,(H3,14,15,16);1H. The van der Waals surface area contributed by atoms with Crippen LogP contribution >= 0.6 is 24.0 Å². The molecular formula is C13H26IN3O. The zero-order chi connectivity index (χ0) is 12.7. The molecule has 0 aliphatic carbocycles. The third-order valence-corrected chi connectivity index (χ3v) is 3.46. The van der Waals surface area contributed by atoms with Crippen molar-refractivity contribution < 1.29 is 4.74 Å². The minimum atomic E-state index is 0. The second-order valence-electron chi connectivity index (χ2n) is 4.98. The Kier molecular flexibility index (Phi) is 8.60. The van der Waals surface area contributed by atoms with Crippen molar-refractivity contribution >= 4 is 29.9 Å². The van der Waals surface area contributed by atoms with Crippen molar-refractivity contribution in [2.45, 2.75) is 33.1 Å². The van der Waals surface area contributed by atoms with Crippen LogP contribution < -0.4 is 11.1 Å². The molecule has 1 rings (SSSR count). The first kappa shape index (κ1) is 17.7. The van der Waals surface area contributed by atoms with E-state index >= 15 is 0 Å². The van der Waals surface area contributed by atoms with Gasteiger partial charge in [0.2, 0.25) is 0 Å². The van der Waals surface area contributed by atoms with Crippen LogP contribution in [0, 0.1) is 5.41 Å². The van der Waals surface area contributed by atoms with Crippen LogP contribution in [0.3, 0.4) is 0 Å². The summed E-state index contributed by atoms with van der Waals surface area (Å²) in [5.74, 6) is 0.521. The minimum absolute atomic E-state index is 0. The Bertz CT molecular complexity index is 286. The number of nitrogens with zero attached hydrogens (tertiary/aromatic N) is 1. The van der Waals surface area contributed by atoms with Gasteiger partial charge < -0.3 is 15.8 Å². The zero-order valence-electron chi connectivity index (χ0n) is 11.5. The lowest BCUT2D eigenvalue weighted by molar-refractivity contribution is 0.0173. The Morgan fingerprint density at radius 3 is 2.56 bits per heavy atom. The van der Waals surface area contributed by atoms with E-state index in [1.165, 1.54) is 0 Å². The summed E-state index contributed by atoms with van der Waals surface area (Å²) >= 11 is 0. The quantitative estimate of drug-likeness (QED) is 0.339. The Morgan fingerprint density at radius 2 is 2.06 bits per heavy atom. The van der Waals surface area contributed by atoms with E-state index in [-0.39, 0.29) is 29.4 Å². The molecule has 1 heterocycles. The molecule has 0 aromatic heterocycles. The molecule has 1 aliphatic heterocycles. The molecule has 1 fully saturated rings. The predicted molar refractivity (Wildman–Crippen MR) is 87.5 cm³/mol. The summed E-state index contributed by atoms with van der Waals surface area (Å²) in [6, 6.07) is 0. The fourth-order valence-corrected chi connectivity index (χ4v) is 1.98.